The van der Waals surface area contributed by atoms with Crippen molar-refractivity contribution in [2.75, 3.05) is 0 Å². The molecule has 0 unspecified atom stereocenters. The molecule has 1 aliphatic rings. The first-order valence-corrected chi connectivity index (χ1v) is 8.23. The molecule has 0 radical (unpaired) electrons. The maximum Gasteiger partial charge on any atom is 0.573 e. The highest BCUT2D eigenvalue weighted by molar-refractivity contribution is 5.41. The fourth-order valence-corrected chi connectivity index (χ4v) is 3.21. The van der Waals surface area contributed by atoms with E-state index in [1.165, 1.54) is 0 Å². The Labute approximate surface area is 142 Å². The fourth-order valence-electron chi connectivity index (χ4n) is 3.21. The topological polar surface area (TPSA) is 18.5 Å². The highest BCUT2D eigenvalue weighted by atomic mass is 19.4. The van der Waals surface area contributed by atoms with Crippen molar-refractivity contribution < 1.29 is 35.8 Å². The first-order chi connectivity index (χ1) is 11.6. The molecule has 25 heavy (non-hydrogen) atoms. The van der Waals surface area contributed by atoms with E-state index in [0.29, 0.717) is 24.8 Å². The Morgan fingerprint density at radius 2 is 1.64 bits per heavy atom. The predicted molar refractivity (Wildman–Crippen MR) is 79.0 cm³/mol. The molecule has 0 heterocycles. The summed E-state index contributed by atoms with van der Waals surface area (Å²) in [6.45, 7) is 2.02. The van der Waals surface area contributed by atoms with Crippen LogP contribution in [0, 0.1) is 17.7 Å². The first kappa shape index (κ1) is 19.7. The van der Waals surface area contributed by atoms with Gasteiger partial charge in [0.25, 0.3) is 0 Å². The van der Waals surface area contributed by atoms with E-state index in [1.54, 1.807) is 0 Å². The van der Waals surface area contributed by atoms with Crippen LogP contribution in [0.25, 0.3) is 0 Å². The highest BCUT2D eigenvalue weighted by Gasteiger charge is 2.45. The number of alkyl halides is 5. The van der Waals surface area contributed by atoms with E-state index in [0.717, 1.165) is 25.0 Å². The van der Waals surface area contributed by atoms with Gasteiger partial charge in [-0.15, -0.1) is 13.2 Å². The lowest BCUT2D eigenvalue weighted by atomic mass is 9.79. The summed E-state index contributed by atoms with van der Waals surface area (Å²) in [4.78, 5) is 0. The minimum atomic E-state index is -5.21. The molecule has 0 spiro atoms. The Hall–Kier alpha value is -1.60. The van der Waals surface area contributed by atoms with Gasteiger partial charge in [-0.05, 0) is 43.7 Å². The van der Waals surface area contributed by atoms with Gasteiger partial charge >= 0.3 is 12.5 Å². The summed E-state index contributed by atoms with van der Waals surface area (Å²) in [7, 11) is 0. The summed E-state index contributed by atoms with van der Waals surface area (Å²) in [6.07, 6.45) is -5.32. The van der Waals surface area contributed by atoms with E-state index >= 15 is 0 Å². The Balaban J connectivity index is 2.11. The van der Waals surface area contributed by atoms with E-state index in [2.05, 4.69) is 9.47 Å². The number of hydrogen-bond acceptors (Lipinski definition) is 2. The molecule has 2 rings (SSSR count). The normalized spacial score (nSPS) is 21.9. The van der Waals surface area contributed by atoms with Gasteiger partial charge in [0.2, 0.25) is 5.75 Å². The van der Waals surface area contributed by atoms with Crippen molar-refractivity contribution in [3.8, 4) is 11.5 Å². The minimum absolute atomic E-state index is 0.211. The molecular weight excluding hydrogens is 350 g/mol. The van der Waals surface area contributed by atoms with E-state index < -0.39 is 35.7 Å². The molecule has 1 aliphatic carbocycles. The van der Waals surface area contributed by atoms with Gasteiger partial charge in [-0.3, -0.25) is 0 Å². The number of benzene rings is 1. The van der Waals surface area contributed by atoms with Crippen molar-refractivity contribution in [3.05, 3.63) is 24.0 Å². The quantitative estimate of drug-likeness (QED) is 0.547. The maximum atomic E-state index is 14.4. The van der Waals surface area contributed by atoms with Gasteiger partial charge < -0.3 is 9.47 Å². The largest absolute Gasteiger partial charge is 0.573 e. The van der Waals surface area contributed by atoms with Gasteiger partial charge in [-0.2, -0.15) is 8.78 Å². The molecular formula is C17H20F6O2. The lowest BCUT2D eigenvalue weighted by Crippen LogP contribution is -2.37. The van der Waals surface area contributed by atoms with Crippen molar-refractivity contribution in [3.63, 3.8) is 0 Å². The smallest absolute Gasteiger partial charge is 0.428 e. The summed E-state index contributed by atoms with van der Waals surface area (Å²) in [5, 5.41) is 0. The number of hydrogen-bond donors (Lipinski definition) is 0. The molecule has 8 heteroatoms. The Bertz CT molecular complexity index is 565. The lowest BCUT2D eigenvalue weighted by molar-refractivity contribution is -0.278. The molecule has 1 aromatic carbocycles. The molecule has 0 amide bonds. The molecule has 0 atom stereocenters. The molecule has 142 valence electrons. The second kappa shape index (κ2) is 7.74. The fraction of sp³-hybridized carbons (Fsp3) is 0.647. The summed E-state index contributed by atoms with van der Waals surface area (Å²) >= 11 is 0. The summed E-state index contributed by atoms with van der Waals surface area (Å²) < 4.78 is 87.5. The molecule has 0 saturated heterocycles. The van der Waals surface area contributed by atoms with E-state index in [4.69, 9.17) is 0 Å². The third-order valence-corrected chi connectivity index (χ3v) is 4.41. The van der Waals surface area contributed by atoms with E-state index in [-0.39, 0.29) is 12.8 Å². The Kier molecular flexibility index (Phi) is 6.11. The van der Waals surface area contributed by atoms with Crippen LogP contribution >= 0.6 is 0 Å². The second-order valence-corrected chi connectivity index (χ2v) is 6.29. The van der Waals surface area contributed by atoms with Crippen LogP contribution in [0.3, 0.4) is 0 Å². The zero-order valence-corrected chi connectivity index (χ0v) is 13.7. The van der Waals surface area contributed by atoms with Crippen LogP contribution in [-0.2, 0) is 0 Å². The average Bonchev–Trinajstić information content (AvgIpc) is 2.50. The monoisotopic (exact) mass is 370 g/mol. The summed E-state index contributed by atoms with van der Waals surface area (Å²) in [6, 6.07) is 2.50. The molecule has 0 aliphatic heterocycles. The van der Waals surface area contributed by atoms with Crippen LogP contribution in [0.1, 0.15) is 45.4 Å². The van der Waals surface area contributed by atoms with Crippen LogP contribution in [0.5, 0.6) is 11.5 Å². The number of ether oxygens (including phenoxy) is 2. The molecule has 1 fully saturated rings. The third-order valence-electron chi connectivity index (χ3n) is 4.41. The van der Waals surface area contributed by atoms with Gasteiger partial charge in [0, 0.05) is 0 Å². The summed E-state index contributed by atoms with van der Waals surface area (Å²) in [5.41, 5.74) is 0. The first-order valence-electron chi connectivity index (χ1n) is 8.23. The average molecular weight is 370 g/mol. The zero-order chi connectivity index (χ0) is 18.7. The standard InChI is InChI=1S/C17H20F6O2/c1-2-4-11-7-9-12(10-8-11)16(19,20)24-14-6-3-5-13(18)15(14)25-17(21,22)23/h3,5-6,11-12H,2,4,7-10H2,1H3. The number of para-hydroxylation sites is 1. The molecule has 0 bridgehead atoms. The minimum Gasteiger partial charge on any atom is -0.428 e. The van der Waals surface area contributed by atoms with Gasteiger partial charge in [0.05, 0.1) is 5.92 Å². The van der Waals surface area contributed by atoms with Crippen molar-refractivity contribution in [1.82, 2.24) is 0 Å². The molecule has 2 nitrogen and oxygen atoms in total. The summed E-state index contributed by atoms with van der Waals surface area (Å²) in [5.74, 6) is -4.50. The van der Waals surface area contributed by atoms with Crippen molar-refractivity contribution in [2.24, 2.45) is 11.8 Å². The van der Waals surface area contributed by atoms with E-state index in [1.807, 2.05) is 6.92 Å². The SMILES string of the molecule is CCCC1CCC(C(F)(F)Oc2cccc(F)c2OC(F)(F)F)CC1. The third kappa shape index (κ3) is 5.44. The highest BCUT2D eigenvalue weighted by Crippen LogP contribution is 2.44. The van der Waals surface area contributed by atoms with Crippen LogP contribution in [0.15, 0.2) is 18.2 Å². The lowest BCUT2D eigenvalue weighted by Gasteiger charge is -2.33. The molecule has 1 saturated carbocycles. The number of rotatable bonds is 6. The van der Waals surface area contributed by atoms with E-state index in [9.17, 15) is 26.3 Å². The Morgan fingerprint density at radius 1 is 1.00 bits per heavy atom. The molecule has 0 N–H and O–H groups in total. The maximum absolute atomic E-state index is 14.4. The molecule has 0 aromatic heterocycles. The van der Waals surface area contributed by atoms with Crippen LogP contribution in [0.2, 0.25) is 0 Å². The zero-order valence-electron chi connectivity index (χ0n) is 13.7. The second-order valence-electron chi connectivity index (χ2n) is 6.29. The molecule has 1 aromatic rings. The van der Waals surface area contributed by atoms with Crippen molar-refractivity contribution in [1.29, 1.82) is 0 Å². The van der Waals surface area contributed by atoms with Crippen LogP contribution in [-0.4, -0.2) is 12.5 Å². The van der Waals surface area contributed by atoms with Gasteiger partial charge in [0.15, 0.2) is 11.6 Å². The van der Waals surface area contributed by atoms with Gasteiger partial charge in [-0.25, -0.2) is 4.39 Å². The van der Waals surface area contributed by atoms with Crippen molar-refractivity contribution >= 4 is 0 Å². The number of halogens is 6. The van der Waals surface area contributed by atoms with Gasteiger partial charge in [0.1, 0.15) is 0 Å². The van der Waals surface area contributed by atoms with Crippen LogP contribution in [0.4, 0.5) is 26.3 Å². The van der Waals surface area contributed by atoms with Gasteiger partial charge in [-0.1, -0.05) is 25.8 Å². The predicted octanol–water partition coefficient (Wildman–Crippen LogP) is 6.30. The van der Waals surface area contributed by atoms with Crippen LogP contribution < -0.4 is 9.47 Å². The Morgan fingerprint density at radius 3 is 2.20 bits per heavy atom. The van der Waals surface area contributed by atoms with Crippen molar-refractivity contribution in [2.45, 2.75) is 57.9 Å².